The summed E-state index contributed by atoms with van der Waals surface area (Å²) in [6.07, 6.45) is 1.19. The van der Waals surface area contributed by atoms with Gasteiger partial charge in [0.15, 0.2) is 0 Å². The van der Waals surface area contributed by atoms with E-state index in [1.807, 2.05) is 0 Å². The Balaban J connectivity index is 2.84. The highest BCUT2D eigenvalue weighted by atomic mass is 127. The highest BCUT2D eigenvalue weighted by Gasteiger charge is 2.16. The lowest BCUT2D eigenvalue weighted by Crippen LogP contribution is -2.27. The fourth-order valence-corrected chi connectivity index (χ4v) is 2.45. The molecule has 0 fully saturated rings. The molecular formula is C13H20IN. The summed E-state index contributed by atoms with van der Waals surface area (Å²) in [5.74, 6) is 0.632. The molecule has 0 saturated heterocycles. The van der Waals surface area contributed by atoms with Crippen LogP contribution in [0.15, 0.2) is 24.3 Å². The molecule has 2 heteroatoms. The van der Waals surface area contributed by atoms with Gasteiger partial charge in [0.05, 0.1) is 0 Å². The van der Waals surface area contributed by atoms with Crippen molar-refractivity contribution < 1.29 is 0 Å². The zero-order chi connectivity index (χ0) is 11.3. The topological polar surface area (TPSA) is 12.0 Å². The Morgan fingerprint density at radius 1 is 1.27 bits per heavy atom. The third-order valence-corrected chi connectivity index (χ3v) is 3.50. The Morgan fingerprint density at radius 3 is 2.47 bits per heavy atom. The van der Waals surface area contributed by atoms with Gasteiger partial charge in [-0.3, -0.25) is 0 Å². The van der Waals surface area contributed by atoms with Crippen LogP contribution in [0.2, 0.25) is 0 Å². The number of hydrogen-bond donors (Lipinski definition) is 1. The molecule has 0 aliphatic heterocycles. The van der Waals surface area contributed by atoms with Crippen LogP contribution >= 0.6 is 22.6 Å². The molecule has 1 aromatic rings. The molecule has 1 unspecified atom stereocenters. The van der Waals surface area contributed by atoms with Crippen LogP contribution < -0.4 is 5.32 Å². The predicted octanol–water partition coefficient (Wildman–Crippen LogP) is 3.99. The molecule has 0 aliphatic rings. The van der Waals surface area contributed by atoms with Crippen molar-refractivity contribution in [2.45, 2.75) is 33.2 Å². The summed E-state index contributed by atoms with van der Waals surface area (Å²) in [6.45, 7) is 7.85. The molecule has 0 radical (unpaired) electrons. The molecule has 0 aromatic heterocycles. The Hall–Kier alpha value is -0.0900. The van der Waals surface area contributed by atoms with E-state index in [-0.39, 0.29) is 0 Å². The van der Waals surface area contributed by atoms with Crippen molar-refractivity contribution in [2.24, 2.45) is 5.92 Å². The summed E-state index contributed by atoms with van der Waals surface area (Å²) < 4.78 is 1.36. The maximum atomic E-state index is 3.62. The van der Waals surface area contributed by atoms with Crippen molar-refractivity contribution in [1.82, 2.24) is 5.32 Å². The molecule has 1 aromatic carbocycles. The maximum absolute atomic E-state index is 3.62. The normalized spacial score (nSPS) is 13.1. The average molecular weight is 317 g/mol. The van der Waals surface area contributed by atoms with E-state index in [4.69, 9.17) is 0 Å². The van der Waals surface area contributed by atoms with Gasteiger partial charge in [-0.25, -0.2) is 0 Å². The summed E-state index contributed by atoms with van der Waals surface area (Å²) in [6, 6.07) is 9.12. The van der Waals surface area contributed by atoms with Gasteiger partial charge < -0.3 is 5.32 Å². The summed E-state index contributed by atoms with van der Waals surface area (Å²) >= 11 is 2.42. The summed E-state index contributed by atoms with van der Waals surface area (Å²) in [5.41, 5.74) is 1.43. The number of nitrogens with one attached hydrogen (secondary N) is 1. The SMILES string of the molecule is CCCNC(c1ccccc1I)C(C)C. The standard InChI is InChI=1S/C13H20IN/c1-4-9-15-13(10(2)3)11-7-5-6-8-12(11)14/h5-8,10,13,15H,4,9H2,1-3H3. The van der Waals surface area contributed by atoms with E-state index in [0.29, 0.717) is 12.0 Å². The summed E-state index contributed by atoms with van der Waals surface area (Å²) in [7, 11) is 0. The highest BCUT2D eigenvalue weighted by Crippen LogP contribution is 2.25. The first-order valence-corrected chi connectivity index (χ1v) is 6.72. The smallest absolute Gasteiger partial charge is 0.0353 e. The van der Waals surface area contributed by atoms with Crippen molar-refractivity contribution in [3.63, 3.8) is 0 Å². The number of halogens is 1. The zero-order valence-corrected chi connectivity index (χ0v) is 11.9. The second-order valence-corrected chi connectivity index (χ2v) is 5.36. The molecule has 1 nitrogen and oxygen atoms in total. The minimum Gasteiger partial charge on any atom is -0.310 e. The number of rotatable bonds is 5. The molecule has 0 saturated carbocycles. The molecular weight excluding hydrogens is 297 g/mol. The predicted molar refractivity (Wildman–Crippen MR) is 75.0 cm³/mol. The number of hydrogen-bond acceptors (Lipinski definition) is 1. The van der Waals surface area contributed by atoms with Gasteiger partial charge in [-0.15, -0.1) is 0 Å². The average Bonchev–Trinajstić information content (AvgIpc) is 2.20. The van der Waals surface area contributed by atoms with Crippen molar-refractivity contribution >= 4 is 22.6 Å². The van der Waals surface area contributed by atoms with Crippen molar-refractivity contribution in [1.29, 1.82) is 0 Å². The quantitative estimate of drug-likeness (QED) is 0.810. The van der Waals surface area contributed by atoms with Crippen LogP contribution in [0.3, 0.4) is 0 Å². The van der Waals surface area contributed by atoms with E-state index in [9.17, 15) is 0 Å². The van der Waals surface area contributed by atoms with Crippen molar-refractivity contribution in [2.75, 3.05) is 6.54 Å². The maximum Gasteiger partial charge on any atom is 0.0353 e. The van der Waals surface area contributed by atoms with Gasteiger partial charge in [0.25, 0.3) is 0 Å². The van der Waals surface area contributed by atoms with Gasteiger partial charge in [0.1, 0.15) is 0 Å². The van der Waals surface area contributed by atoms with E-state index in [2.05, 4.69) is 72.9 Å². The molecule has 0 amide bonds. The molecule has 0 heterocycles. The Labute approximate surface area is 107 Å². The highest BCUT2D eigenvalue weighted by molar-refractivity contribution is 14.1. The molecule has 0 spiro atoms. The lowest BCUT2D eigenvalue weighted by atomic mass is 9.96. The van der Waals surface area contributed by atoms with Crippen molar-refractivity contribution in [3.05, 3.63) is 33.4 Å². The first-order chi connectivity index (χ1) is 7.16. The molecule has 84 valence electrons. The molecule has 15 heavy (non-hydrogen) atoms. The van der Waals surface area contributed by atoms with Crippen LogP contribution in [0, 0.1) is 9.49 Å². The van der Waals surface area contributed by atoms with Crippen LogP contribution in [-0.4, -0.2) is 6.54 Å². The van der Waals surface area contributed by atoms with Crippen LogP contribution in [0.1, 0.15) is 38.8 Å². The van der Waals surface area contributed by atoms with Crippen LogP contribution in [0.4, 0.5) is 0 Å². The van der Waals surface area contributed by atoms with Gasteiger partial charge in [-0.05, 0) is 53.1 Å². The van der Waals surface area contributed by atoms with E-state index in [0.717, 1.165) is 6.54 Å². The summed E-state index contributed by atoms with van der Waals surface area (Å²) in [4.78, 5) is 0. The molecule has 1 atom stereocenters. The van der Waals surface area contributed by atoms with Crippen LogP contribution in [0.25, 0.3) is 0 Å². The molecule has 1 N–H and O–H groups in total. The lowest BCUT2D eigenvalue weighted by molar-refractivity contribution is 0.411. The van der Waals surface area contributed by atoms with E-state index in [1.54, 1.807) is 0 Å². The van der Waals surface area contributed by atoms with Gasteiger partial charge in [0, 0.05) is 9.61 Å². The van der Waals surface area contributed by atoms with Crippen LogP contribution in [0.5, 0.6) is 0 Å². The third kappa shape index (κ3) is 3.76. The van der Waals surface area contributed by atoms with Gasteiger partial charge >= 0.3 is 0 Å². The second-order valence-electron chi connectivity index (χ2n) is 4.20. The Morgan fingerprint density at radius 2 is 1.93 bits per heavy atom. The van der Waals surface area contributed by atoms with Crippen molar-refractivity contribution in [3.8, 4) is 0 Å². The van der Waals surface area contributed by atoms with Gasteiger partial charge in [0.2, 0.25) is 0 Å². The zero-order valence-electron chi connectivity index (χ0n) is 9.76. The Bertz CT molecular complexity index is 296. The first kappa shape index (κ1) is 13.0. The van der Waals surface area contributed by atoms with Gasteiger partial charge in [-0.2, -0.15) is 0 Å². The largest absolute Gasteiger partial charge is 0.310 e. The van der Waals surface area contributed by atoms with E-state index < -0.39 is 0 Å². The molecule has 1 rings (SSSR count). The minimum absolute atomic E-state index is 0.484. The monoisotopic (exact) mass is 317 g/mol. The number of benzene rings is 1. The Kier molecular flexibility index (Phi) is 5.61. The molecule has 0 aliphatic carbocycles. The third-order valence-electron chi connectivity index (χ3n) is 2.52. The first-order valence-electron chi connectivity index (χ1n) is 5.64. The fraction of sp³-hybridized carbons (Fsp3) is 0.538. The lowest BCUT2D eigenvalue weighted by Gasteiger charge is -2.23. The minimum atomic E-state index is 0.484. The van der Waals surface area contributed by atoms with E-state index in [1.165, 1.54) is 15.6 Å². The molecule has 0 bridgehead atoms. The van der Waals surface area contributed by atoms with Gasteiger partial charge in [-0.1, -0.05) is 39.0 Å². The second kappa shape index (κ2) is 6.48. The van der Waals surface area contributed by atoms with E-state index >= 15 is 0 Å². The van der Waals surface area contributed by atoms with Crippen LogP contribution in [-0.2, 0) is 0 Å². The fourth-order valence-electron chi connectivity index (χ4n) is 1.73. The summed E-state index contributed by atoms with van der Waals surface area (Å²) in [5, 5.41) is 3.62.